The zero-order valence-electron chi connectivity index (χ0n) is 12.1. The maximum atomic E-state index is 12.0. The minimum absolute atomic E-state index is 0.281. The minimum atomic E-state index is -1.44. The maximum absolute atomic E-state index is 12.0. The van der Waals surface area contributed by atoms with Gasteiger partial charge < -0.3 is 5.73 Å². The third-order valence-corrected chi connectivity index (χ3v) is 3.30. The Balaban J connectivity index is 3.14. The summed E-state index contributed by atoms with van der Waals surface area (Å²) >= 11 is 0. The van der Waals surface area contributed by atoms with Crippen molar-refractivity contribution in [3.05, 3.63) is 29.3 Å². The highest BCUT2D eigenvalue weighted by Gasteiger charge is 2.15. The average molecular weight is 276 g/mol. The lowest BCUT2D eigenvalue weighted by atomic mass is 10.1. The molecule has 2 N–H and O–H groups in total. The molecular formula is C14H20N2O2Si. The zero-order valence-corrected chi connectivity index (χ0v) is 13.1. The van der Waals surface area contributed by atoms with Gasteiger partial charge in [0.05, 0.1) is 12.7 Å². The Bertz CT molecular complexity index is 539. The molecule has 0 aliphatic carbocycles. The zero-order chi connectivity index (χ0) is 14.6. The normalized spacial score (nSPS) is 10.6. The molecule has 0 radical (unpaired) electrons. The molecule has 0 aromatic heterocycles. The number of benzene rings is 1. The number of hydroxylamine groups is 2. The summed E-state index contributed by atoms with van der Waals surface area (Å²) in [7, 11) is 1.54. The van der Waals surface area contributed by atoms with Crippen LogP contribution in [0, 0.1) is 11.5 Å². The van der Waals surface area contributed by atoms with Crippen LogP contribution in [0.2, 0.25) is 19.6 Å². The van der Waals surface area contributed by atoms with Crippen LogP contribution in [0.1, 0.15) is 15.9 Å². The highest BCUT2D eigenvalue weighted by atomic mass is 28.3. The van der Waals surface area contributed by atoms with Crippen molar-refractivity contribution >= 4 is 19.7 Å². The molecule has 4 nitrogen and oxygen atoms in total. The lowest BCUT2D eigenvalue weighted by Gasteiger charge is -2.15. The van der Waals surface area contributed by atoms with Gasteiger partial charge in [-0.3, -0.25) is 9.63 Å². The lowest BCUT2D eigenvalue weighted by molar-refractivity contribution is -0.0756. The monoisotopic (exact) mass is 276 g/mol. The quantitative estimate of drug-likeness (QED) is 0.390. The second-order valence-electron chi connectivity index (χ2n) is 5.29. The van der Waals surface area contributed by atoms with Crippen LogP contribution >= 0.6 is 0 Å². The Hall–Kier alpha value is -1.77. The van der Waals surface area contributed by atoms with E-state index in [2.05, 4.69) is 31.1 Å². The predicted octanol–water partition coefficient (Wildman–Crippen LogP) is 2.13. The maximum Gasteiger partial charge on any atom is 0.279 e. The molecule has 0 atom stereocenters. The summed E-state index contributed by atoms with van der Waals surface area (Å²) in [6.45, 7) is 6.51. The lowest BCUT2D eigenvalue weighted by Crippen LogP contribution is -2.26. The number of hydrogen-bond donors (Lipinski definition) is 1. The Kier molecular flexibility index (Phi) is 4.76. The number of nitrogen functional groups attached to an aromatic ring is 1. The van der Waals surface area contributed by atoms with Crippen molar-refractivity contribution in [3.8, 4) is 11.5 Å². The van der Waals surface area contributed by atoms with Gasteiger partial charge in [0, 0.05) is 18.3 Å². The molecule has 1 amide bonds. The molecule has 0 unspecified atom stereocenters. The van der Waals surface area contributed by atoms with E-state index in [1.54, 1.807) is 19.2 Å². The third-order valence-electron chi connectivity index (χ3n) is 2.43. The molecule has 19 heavy (non-hydrogen) atoms. The molecule has 1 rings (SSSR count). The van der Waals surface area contributed by atoms with Gasteiger partial charge in [0.1, 0.15) is 8.07 Å². The Labute approximate surface area is 115 Å². The summed E-state index contributed by atoms with van der Waals surface area (Å²) in [5, 5.41) is 1.14. The van der Waals surface area contributed by atoms with E-state index in [1.165, 1.54) is 7.11 Å². The summed E-state index contributed by atoms with van der Waals surface area (Å²) in [6, 6.07) is 5.23. The fourth-order valence-corrected chi connectivity index (χ4v) is 1.85. The molecule has 102 valence electrons. The third kappa shape index (κ3) is 4.43. The fraction of sp³-hybridized carbons (Fsp3) is 0.357. The largest absolute Gasteiger partial charge is 0.398 e. The van der Waals surface area contributed by atoms with Crippen LogP contribution in [0.15, 0.2) is 18.2 Å². The van der Waals surface area contributed by atoms with Crippen molar-refractivity contribution in [1.29, 1.82) is 0 Å². The van der Waals surface area contributed by atoms with Gasteiger partial charge in [-0.1, -0.05) is 25.6 Å². The first kappa shape index (κ1) is 15.3. The summed E-state index contributed by atoms with van der Waals surface area (Å²) in [5.41, 5.74) is 10.7. The number of carbonyl (C=O) groups is 1. The summed E-state index contributed by atoms with van der Waals surface area (Å²) < 4.78 is 0. The molecule has 0 saturated carbocycles. The SMILES string of the molecule is CON(C)C(=O)c1cc(C#C[Si](C)(C)C)ccc1N. The second kappa shape index (κ2) is 5.91. The van der Waals surface area contributed by atoms with Gasteiger partial charge in [0.25, 0.3) is 5.91 Å². The van der Waals surface area contributed by atoms with E-state index in [0.29, 0.717) is 11.3 Å². The van der Waals surface area contributed by atoms with E-state index in [4.69, 9.17) is 10.6 Å². The number of nitrogens with two attached hydrogens (primary N) is 1. The van der Waals surface area contributed by atoms with E-state index >= 15 is 0 Å². The number of amides is 1. The van der Waals surface area contributed by atoms with Crippen molar-refractivity contribution < 1.29 is 9.63 Å². The molecule has 0 aliphatic heterocycles. The molecule has 0 fully saturated rings. The number of anilines is 1. The van der Waals surface area contributed by atoms with E-state index in [1.807, 2.05) is 6.07 Å². The fourth-order valence-electron chi connectivity index (χ4n) is 1.33. The van der Waals surface area contributed by atoms with Gasteiger partial charge in [-0.05, 0) is 18.2 Å². The molecule has 0 saturated heterocycles. The first-order valence-corrected chi connectivity index (χ1v) is 9.49. The highest BCUT2D eigenvalue weighted by molar-refractivity contribution is 6.83. The Morgan fingerprint density at radius 2 is 2.00 bits per heavy atom. The summed E-state index contributed by atoms with van der Waals surface area (Å²) in [5.74, 6) is 2.83. The van der Waals surface area contributed by atoms with E-state index in [0.717, 1.165) is 10.6 Å². The van der Waals surface area contributed by atoms with Crippen LogP contribution in [-0.4, -0.2) is 33.2 Å². The topological polar surface area (TPSA) is 55.6 Å². The molecular weight excluding hydrogens is 256 g/mol. The molecule has 0 aliphatic rings. The van der Waals surface area contributed by atoms with Crippen molar-refractivity contribution in [1.82, 2.24) is 5.06 Å². The molecule has 0 heterocycles. The van der Waals surface area contributed by atoms with Crippen LogP contribution in [0.3, 0.4) is 0 Å². The Morgan fingerprint density at radius 3 is 2.53 bits per heavy atom. The van der Waals surface area contributed by atoms with E-state index in [9.17, 15) is 4.79 Å². The van der Waals surface area contributed by atoms with Crippen LogP contribution in [0.25, 0.3) is 0 Å². The van der Waals surface area contributed by atoms with Crippen molar-refractivity contribution in [3.63, 3.8) is 0 Å². The summed E-state index contributed by atoms with van der Waals surface area (Å²) in [6.07, 6.45) is 0. The average Bonchev–Trinajstić information content (AvgIpc) is 2.35. The van der Waals surface area contributed by atoms with Crippen LogP contribution in [-0.2, 0) is 4.84 Å². The molecule has 0 spiro atoms. The number of hydrogen-bond acceptors (Lipinski definition) is 3. The van der Waals surface area contributed by atoms with Gasteiger partial charge >= 0.3 is 0 Å². The van der Waals surface area contributed by atoms with Crippen LogP contribution in [0.5, 0.6) is 0 Å². The first-order chi connectivity index (χ1) is 8.74. The number of nitrogens with zero attached hydrogens (tertiary/aromatic N) is 1. The van der Waals surface area contributed by atoms with Gasteiger partial charge in [-0.2, -0.15) is 0 Å². The first-order valence-electron chi connectivity index (χ1n) is 5.99. The smallest absolute Gasteiger partial charge is 0.279 e. The number of rotatable bonds is 2. The van der Waals surface area contributed by atoms with Gasteiger partial charge in [-0.15, -0.1) is 5.54 Å². The van der Waals surface area contributed by atoms with E-state index in [-0.39, 0.29) is 5.91 Å². The predicted molar refractivity (Wildman–Crippen MR) is 80.2 cm³/mol. The number of carbonyl (C=O) groups excluding carboxylic acids is 1. The molecule has 5 heteroatoms. The van der Waals surface area contributed by atoms with Crippen LogP contribution < -0.4 is 5.73 Å². The van der Waals surface area contributed by atoms with Crippen molar-refractivity contribution in [2.45, 2.75) is 19.6 Å². The standard InChI is InChI=1S/C14H20N2O2Si/c1-16(18-2)14(17)12-10-11(6-7-13(12)15)8-9-19(3,4)5/h6-7,10H,15H2,1-5H3. The molecule has 0 bridgehead atoms. The Morgan fingerprint density at radius 1 is 1.37 bits per heavy atom. The van der Waals surface area contributed by atoms with Gasteiger partial charge in [-0.25, -0.2) is 5.06 Å². The highest BCUT2D eigenvalue weighted by Crippen LogP contribution is 2.16. The van der Waals surface area contributed by atoms with Gasteiger partial charge in [0.15, 0.2) is 0 Å². The molecule has 1 aromatic rings. The van der Waals surface area contributed by atoms with Gasteiger partial charge in [0.2, 0.25) is 0 Å². The van der Waals surface area contributed by atoms with Crippen molar-refractivity contribution in [2.24, 2.45) is 0 Å². The summed E-state index contributed by atoms with van der Waals surface area (Å²) in [4.78, 5) is 16.9. The second-order valence-corrected chi connectivity index (χ2v) is 10.0. The van der Waals surface area contributed by atoms with E-state index < -0.39 is 8.07 Å². The van der Waals surface area contributed by atoms with Crippen molar-refractivity contribution in [2.75, 3.05) is 19.9 Å². The molecule has 1 aromatic carbocycles. The minimum Gasteiger partial charge on any atom is -0.398 e. The van der Waals surface area contributed by atoms with Crippen LogP contribution in [0.4, 0.5) is 5.69 Å².